The lowest BCUT2D eigenvalue weighted by atomic mass is 9.87. The van der Waals surface area contributed by atoms with Gasteiger partial charge in [-0.3, -0.25) is 4.79 Å². The number of benzene rings is 1. The third-order valence-electron chi connectivity index (χ3n) is 7.82. The van der Waals surface area contributed by atoms with Crippen molar-refractivity contribution in [3.63, 3.8) is 0 Å². The Balaban J connectivity index is 1.59. The van der Waals surface area contributed by atoms with E-state index in [-0.39, 0.29) is 12.5 Å². The van der Waals surface area contributed by atoms with Crippen LogP contribution in [-0.2, 0) is 25.5 Å². The molecule has 41 heavy (non-hydrogen) atoms. The summed E-state index contributed by atoms with van der Waals surface area (Å²) in [6.07, 6.45) is 6.75. The van der Waals surface area contributed by atoms with Gasteiger partial charge in [0.2, 0.25) is 5.91 Å². The van der Waals surface area contributed by atoms with E-state index in [1.165, 1.54) is 12.0 Å². The first-order chi connectivity index (χ1) is 19.5. The first kappa shape index (κ1) is 30.3. The van der Waals surface area contributed by atoms with E-state index in [1.54, 1.807) is 20.8 Å². The van der Waals surface area contributed by atoms with Crippen LogP contribution in [-0.4, -0.2) is 64.8 Å². The summed E-state index contributed by atoms with van der Waals surface area (Å²) >= 11 is 0. The summed E-state index contributed by atoms with van der Waals surface area (Å²) < 4.78 is 17.3. The number of unbranched alkanes of at least 4 members (excludes halogenated alkanes) is 3. The molecule has 0 radical (unpaired) electrons. The fraction of sp³-hybridized carbons (Fsp3) is 0.562. The van der Waals surface area contributed by atoms with E-state index in [4.69, 9.17) is 19.2 Å². The molecular weight excluding hydrogens is 522 g/mol. The van der Waals surface area contributed by atoms with Crippen molar-refractivity contribution >= 4 is 28.9 Å². The van der Waals surface area contributed by atoms with Gasteiger partial charge < -0.3 is 24.4 Å². The average Bonchev–Trinajstić information content (AvgIpc) is 3.29. The summed E-state index contributed by atoms with van der Waals surface area (Å²) in [5, 5.41) is 3.83. The number of aromatic nitrogens is 1. The van der Waals surface area contributed by atoms with E-state index in [0.717, 1.165) is 60.0 Å². The van der Waals surface area contributed by atoms with Gasteiger partial charge in [-0.25, -0.2) is 14.6 Å². The van der Waals surface area contributed by atoms with Crippen molar-refractivity contribution in [2.75, 3.05) is 13.7 Å². The topological polar surface area (TPSA) is 107 Å². The van der Waals surface area contributed by atoms with Gasteiger partial charge in [0.15, 0.2) is 0 Å². The smallest absolute Gasteiger partial charge is 0.408 e. The number of hydrogen-bond donors (Lipinski definition) is 1. The number of carbonyl (C=O) groups excluding carboxylic acids is 3. The molecule has 2 aliphatic rings. The molecule has 4 rings (SSSR count). The molecule has 1 saturated heterocycles. The lowest BCUT2D eigenvalue weighted by Crippen LogP contribution is -2.53. The highest BCUT2D eigenvalue weighted by Gasteiger charge is 2.53. The second-order valence-corrected chi connectivity index (χ2v) is 12.1. The first-order valence-corrected chi connectivity index (χ1v) is 14.5. The first-order valence-electron chi connectivity index (χ1n) is 14.5. The molecule has 2 aliphatic heterocycles. The van der Waals surface area contributed by atoms with Gasteiger partial charge in [-0.15, -0.1) is 6.58 Å². The van der Waals surface area contributed by atoms with E-state index in [1.807, 2.05) is 37.3 Å². The summed E-state index contributed by atoms with van der Waals surface area (Å²) in [6.45, 7) is 11.2. The standard InChI is InChI=1S/C32H43N3O6/c1-7-8-9-10-11-16-25(34-30(38)41-31(3,4)5)28(36)35-20-32(19-26(35)29(37)39-6)18-17-23-22-14-12-13-15-24(22)33-21(2)27(23)40-32/h7,12-15,25-26H,1,8-11,16-20H2,2-6H3,(H,34,38)/t25-,26-,32+/m0/s1. The molecule has 1 aromatic heterocycles. The van der Waals surface area contributed by atoms with Gasteiger partial charge >= 0.3 is 12.1 Å². The molecule has 0 unspecified atom stereocenters. The van der Waals surface area contributed by atoms with Gasteiger partial charge in [-0.1, -0.05) is 37.1 Å². The number of rotatable bonds is 9. The number of hydrogen-bond acceptors (Lipinski definition) is 7. The van der Waals surface area contributed by atoms with Crippen LogP contribution in [0, 0.1) is 6.92 Å². The van der Waals surface area contributed by atoms with Crippen LogP contribution in [0.1, 0.15) is 77.0 Å². The summed E-state index contributed by atoms with van der Waals surface area (Å²) in [5.74, 6) is -0.117. The number of esters is 1. The van der Waals surface area contributed by atoms with E-state index in [9.17, 15) is 14.4 Å². The molecule has 1 aromatic carbocycles. The zero-order valence-electron chi connectivity index (χ0n) is 25.0. The second kappa shape index (κ2) is 12.5. The number of methoxy groups -OCH3 is 1. The van der Waals surface area contributed by atoms with Crippen molar-refractivity contribution in [3.8, 4) is 5.75 Å². The van der Waals surface area contributed by atoms with Gasteiger partial charge in [0.25, 0.3) is 0 Å². The highest BCUT2D eigenvalue weighted by atomic mass is 16.6. The molecule has 0 bridgehead atoms. The zero-order valence-corrected chi connectivity index (χ0v) is 25.0. The molecule has 0 aliphatic carbocycles. The molecule has 2 amide bonds. The number of para-hydroxylation sites is 1. The maximum absolute atomic E-state index is 14.1. The van der Waals surface area contributed by atoms with Gasteiger partial charge in [0.05, 0.1) is 24.9 Å². The van der Waals surface area contributed by atoms with E-state index >= 15 is 0 Å². The Labute approximate surface area is 242 Å². The van der Waals surface area contributed by atoms with Crippen LogP contribution >= 0.6 is 0 Å². The van der Waals surface area contributed by atoms with Crippen LogP contribution in [0.25, 0.3) is 10.9 Å². The number of carbonyl (C=O) groups is 3. The maximum Gasteiger partial charge on any atom is 0.408 e. The van der Waals surface area contributed by atoms with Crippen LogP contribution < -0.4 is 10.1 Å². The number of allylic oxidation sites excluding steroid dienone is 1. The predicted molar refractivity (Wildman–Crippen MR) is 157 cm³/mol. The van der Waals surface area contributed by atoms with Crippen LogP contribution in [0.5, 0.6) is 5.75 Å². The van der Waals surface area contributed by atoms with Crippen molar-refractivity contribution < 1.29 is 28.6 Å². The zero-order chi connectivity index (χ0) is 29.8. The lowest BCUT2D eigenvalue weighted by Gasteiger charge is -2.36. The Bertz CT molecular complexity index is 1300. The third-order valence-corrected chi connectivity index (χ3v) is 7.82. The molecule has 1 spiro atoms. The molecule has 3 atom stereocenters. The fourth-order valence-corrected chi connectivity index (χ4v) is 5.90. The van der Waals surface area contributed by atoms with Crippen molar-refractivity contribution in [1.82, 2.24) is 15.2 Å². The van der Waals surface area contributed by atoms with Crippen LogP contribution in [0.4, 0.5) is 4.79 Å². The molecule has 2 aromatic rings. The van der Waals surface area contributed by atoms with Crippen LogP contribution in [0.15, 0.2) is 36.9 Å². The van der Waals surface area contributed by atoms with Gasteiger partial charge in [-0.2, -0.15) is 0 Å². The minimum absolute atomic E-state index is 0.209. The Kier molecular flexibility index (Phi) is 9.24. The number of amides is 2. The molecule has 1 fully saturated rings. The largest absolute Gasteiger partial charge is 0.483 e. The van der Waals surface area contributed by atoms with E-state index in [2.05, 4.69) is 11.9 Å². The van der Waals surface area contributed by atoms with Crippen molar-refractivity contribution in [3.05, 3.63) is 48.2 Å². The molecule has 9 heteroatoms. The van der Waals surface area contributed by atoms with Crippen LogP contribution in [0.2, 0.25) is 0 Å². The number of aryl methyl sites for hydroxylation is 2. The SMILES string of the molecule is C=CCCCCC[C@H](NC(=O)OC(C)(C)C)C(=O)N1C[C@@]2(CCc3c(c(C)nc4ccccc34)O2)C[C@H]1C(=O)OC. The molecule has 0 saturated carbocycles. The second-order valence-electron chi connectivity index (χ2n) is 12.1. The average molecular weight is 566 g/mol. The summed E-state index contributed by atoms with van der Waals surface area (Å²) in [7, 11) is 1.32. The maximum atomic E-state index is 14.1. The fourth-order valence-electron chi connectivity index (χ4n) is 5.90. The summed E-state index contributed by atoms with van der Waals surface area (Å²) in [4.78, 5) is 46.1. The minimum atomic E-state index is -0.848. The van der Waals surface area contributed by atoms with E-state index < -0.39 is 35.3 Å². The number of nitrogens with zero attached hydrogens (tertiary/aromatic N) is 2. The van der Waals surface area contributed by atoms with Gasteiger partial charge in [-0.05, 0) is 65.9 Å². The summed E-state index contributed by atoms with van der Waals surface area (Å²) in [5.41, 5.74) is 1.32. The number of likely N-dealkylation sites (tertiary alicyclic amines) is 1. The van der Waals surface area contributed by atoms with Crippen molar-refractivity contribution in [2.24, 2.45) is 0 Å². The Hall–Kier alpha value is -3.62. The molecular formula is C32H43N3O6. The van der Waals surface area contributed by atoms with Crippen molar-refractivity contribution in [1.29, 1.82) is 0 Å². The number of nitrogens with one attached hydrogen (secondary N) is 1. The highest BCUT2D eigenvalue weighted by Crippen LogP contribution is 2.44. The number of fused-ring (bicyclic) bond motifs is 3. The quantitative estimate of drug-likeness (QED) is 0.246. The molecule has 3 heterocycles. The Morgan fingerprint density at radius 2 is 2.00 bits per heavy atom. The Morgan fingerprint density at radius 1 is 1.24 bits per heavy atom. The normalized spacial score (nSPS) is 20.7. The van der Waals surface area contributed by atoms with E-state index in [0.29, 0.717) is 19.3 Å². The van der Waals surface area contributed by atoms with Crippen molar-refractivity contribution in [2.45, 2.75) is 102 Å². The highest BCUT2D eigenvalue weighted by molar-refractivity contribution is 5.91. The third kappa shape index (κ3) is 7.00. The number of pyridine rings is 1. The number of ether oxygens (including phenoxy) is 3. The minimum Gasteiger partial charge on any atom is -0.483 e. The Morgan fingerprint density at radius 3 is 2.71 bits per heavy atom. The molecule has 1 N–H and O–H groups in total. The lowest BCUT2D eigenvalue weighted by molar-refractivity contribution is -0.151. The molecule has 9 nitrogen and oxygen atoms in total. The van der Waals surface area contributed by atoms with Crippen LogP contribution in [0.3, 0.4) is 0 Å². The predicted octanol–water partition coefficient (Wildman–Crippen LogP) is 5.41. The molecule has 222 valence electrons. The van der Waals surface area contributed by atoms with Gasteiger partial charge in [0.1, 0.15) is 29.0 Å². The summed E-state index contributed by atoms with van der Waals surface area (Å²) in [6, 6.07) is 6.32. The monoisotopic (exact) mass is 565 g/mol. The van der Waals surface area contributed by atoms with Gasteiger partial charge in [0, 0.05) is 17.4 Å². The number of alkyl carbamates (subject to hydrolysis) is 1.